The van der Waals surface area contributed by atoms with Crippen molar-refractivity contribution in [3.05, 3.63) is 0 Å². The van der Waals surface area contributed by atoms with E-state index in [1.54, 1.807) is 0 Å². The second-order valence-electron chi connectivity index (χ2n) is 4.16. The average molecular weight is 245 g/mol. The van der Waals surface area contributed by atoms with Gasteiger partial charge in [-0.25, -0.2) is 0 Å². The van der Waals surface area contributed by atoms with E-state index in [9.17, 15) is 4.79 Å². The molecule has 0 aliphatic rings. The lowest BCUT2D eigenvalue weighted by Crippen LogP contribution is -2.38. The summed E-state index contributed by atoms with van der Waals surface area (Å²) in [6.45, 7) is 3.66. The molecule has 0 aliphatic heterocycles. The van der Waals surface area contributed by atoms with Crippen molar-refractivity contribution in [1.82, 2.24) is 10.2 Å². The minimum Gasteiger partial charge on any atom is -0.393 e. The Morgan fingerprint density at radius 3 is 2.50 bits per heavy atom. The Bertz CT molecular complexity index is 231. The molecule has 0 heterocycles. The number of carbonyl (C=O) groups is 1. The third-order valence-corrected chi connectivity index (χ3v) is 2.68. The van der Waals surface area contributed by atoms with Gasteiger partial charge in [0.2, 0.25) is 5.91 Å². The van der Waals surface area contributed by atoms with Crippen LogP contribution < -0.4 is 11.1 Å². The number of hydrogen-bond acceptors (Lipinski definition) is 3. The van der Waals surface area contributed by atoms with E-state index >= 15 is 0 Å². The molecule has 0 saturated carbocycles. The van der Waals surface area contributed by atoms with Crippen molar-refractivity contribution in [2.45, 2.75) is 26.2 Å². The van der Waals surface area contributed by atoms with Crippen LogP contribution in [0.5, 0.6) is 0 Å². The second kappa shape index (κ2) is 8.47. The van der Waals surface area contributed by atoms with E-state index in [1.165, 1.54) is 0 Å². The van der Waals surface area contributed by atoms with Gasteiger partial charge in [0.15, 0.2) is 0 Å². The van der Waals surface area contributed by atoms with Gasteiger partial charge >= 0.3 is 0 Å². The second-order valence-corrected chi connectivity index (χ2v) is 4.64. The van der Waals surface area contributed by atoms with E-state index in [0.717, 1.165) is 19.4 Å². The summed E-state index contributed by atoms with van der Waals surface area (Å²) in [6.07, 6.45) is 2.73. The van der Waals surface area contributed by atoms with Crippen LogP contribution in [0.2, 0.25) is 0 Å². The molecule has 0 aromatic rings. The SMILES string of the molecule is CCC(C(=O)NCCCCN(C)C)C(N)=S. The number of thiocarbonyl (C=S) groups is 1. The van der Waals surface area contributed by atoms with Gasteiger partial charge in [-0.3, -0.25) is 4.79 Å². The minimum absolute atomic E-state index is 0.0418. The summed E-state index contributed by atoms with van der Waals surface area (Å²) in [5.74, 6) is -0.358. The Hall–Kier alpha value is -0.680. The van der Waals surface area contributed by atoms with Gasteiger partial charge in [0.25, 0.3) is 0 Å². The third-order valence-electron chi connectivity index (χ3n) is 2.40. The molecule has 0 radical (unpaired) electrons. The first-order chi connectivity index (χ1) is 7.49. The lowest BCUT2D eigenvalue weighted by Gasteiger charge is -2.14. The average Bonchev–Trinajstić information content (AvgIpc) is 2.17. The normalized spacial score (nSPS) is 12.5. The summed E-state index contributed by atoms with van der Waals surface area (Å²) in [6, 6.07) is 0. The molecular formula is C11H23N3OS. The topological polar surface area (TPSA) is 58.4 Å². The summed E-state index contributed by atoms with van der Waals surface area (Å²) in [7, 11) is 4.08. The van der Waals surface area contributed by atoms with Gasteiger partial charge in [-0.15, -0.1) is 0 Å². The van der Waals surface area contributed by atoms with Gasteiger partial charge < -0.3 is 16.0 Å². The summed E-state index contributed by atoms with van der Waals surface area (Å²) >= 11 is 4.84. The zero-order valence-electron chi connectivity index (χ0n) is 10.5. The molecule has 94 valence electrons. The first kappa shape index (κ1) is 15.3. The number of nitrogens with two attached hydrogens (primary N) is 1. The van der Waals surface area contributed by atoms with E-state index in [-0.39, 0.29) is 16.8 Å². The van der Waals surface area contributed by atoms with Gasteiger partial charge in [0.1, 0.15) is 0 Å². The quantitative estimate of drug-likeness (QED) is 0.489. The molecule has 0 rings (SSSR count). The van der Waals surface area contributed by atoms with Crippen molar-refractivity contribution in [3.8, 4) is 0 Å². The van der Waals surface area contributed by atoms with Crippen LogP contribution in [0.1, 0.15) is 26.2 Å². The summed E-state index contributed by atoms with van der Waals surface area (Å²) in [4.78, 5) is 14.0. The van der Waals surface area contributed by atoms with Crippen molar-refractivity contribution in [1.29, 1.82) is 0 Å². The van der Waals surface area contributed by atoms with Crippen molar-refractivity contribution >= 4 is 23.1 Å². The maximum absolute atomic E-state index is 11.6. The summed E-state index contributed by atoms with van der Waals surface area (Å²) in [5, 5.41) is 2.86. The molecule has 1 unspecified atom stereocenters. The van der Waals surface area contributed by atoms with E-state index < -0.39 is 0 Å². The Balaban J connectivity index is 3.68. The highest BCUT2D eigenvalue weighted by Crippen LogP contribution is 2.02. The van der Waals surface area contributed by atoms with Crippen LogP contribution in [0.15, 0.2) is 0 Å². The van der Waals surface area contributed by atoms with Crippen molar-refractivity contribution in [2.75, 3.05) is 27.2 Å². The Morgan fingerprint density at radius 2 is 2.06 bits per heavy atom. The molecule has 0 fully saturated rings. The van der Waals surface area contributed by atoms with Gasteiger partial charge in [-0.2, -0.15) is 0 Å². The maximum Gasteiger partial charge on any atom is 0.229 e. The first-order valence-corrected chi connectivity index (χ1v) is 6.11. The molecule has 0 bridgehead atoms. The molecule has 3 N–H and O–H groups in total. The molecule has 16 heavy (non-hydrogen) atoms. The van der Waals surface area contributed by atoms with Crippen LogP contribution in [0.3, 0.4) is 0 Å². The predicted molar refractivity (Wildman–Crippen MR) is 71.4 cm³/mol. The molecule has 1 atom stereocenters. The summed E-state index contributed by atoms with van der Waals surface area (Å²) in [5.41, 5.74) is 5.48. The fourth-order valence-electron chi connectivity index (χ4n) is 1.40. The molecule has 0 spiro atoms. The van der Waals surface area contributed by atoms with Gasteiger partial charge in [0.05, 0.1) is 10.9 Å². The molecule has 0 aliphatic carbocycles. The molecular weight excluding hydrogens is 222 g/mol. The lowest BCUT2D eigenvalue weighted by molar-refractivity contribution is -0.123. The van der Waals surface area contributed by atoms with E-state index in [4.69, 9.17) is 18.0 Å². The largest absolute Gasteiger partial charge is 0.393 e. The van der Waals surface area contributed by atoms with Gasteiger partial charge in [-0.05, 0) is 39.9 Å². The zero-order valence-corrected chi connectivity index (χ0v) is 11.3. The molecule has 1 amide bonds. The number of hydrogen-bond donors (Lipinski definition) is 2. The van der Waals surface area contributed by atoms with Crippen molar-refractivity contribution < 1.29 is 4.79 Å². The monoisotopic (exact) mass is 245 g/mol. The van der Waals surface area contributed by atoms with Gasteiger partial charge in [0, 0.05) is 6.54 Å². The van der Waals surface area contributed by atoms with Crippen LogP contribution in [0.4, 0.5) is 0 Å². The number of nitrogens with one attached hydrogen (secondary N) is 1. The van der Waals surface area contributed by atoms with Crippen molar-refractivity contribution in [2.24, 2.45) is 11.7 Å². The number of nitrogens with zero attached hydrogens (tertiary/aromatic N) is 1. The smallest absolute Gasteiger partial charge is 0.229 e. The first-order valence-electron chi connectivity index (χ1n) is 5.70. The standard InChI is InChI=1S/C11H23N3OS/c1-4-9(10(12)16)11(15)13-7-5-6-8-14(2)3/h9H,4-8H2,1-3H3,(H2,12,16)(H,13,15). The highest BCUT2D eigenvalue weighted by atomic mass is 32.1. The predicted octanol–water partition coefficient (Wildman–Crippen LogP) is 0.757. The van der Waals surface area contributed by atoms with Crippen molar-refractivity contribution in [3.63, 3.8) is 0 Å². The number of amides is 1. The van der Waals surface area contributed by atoms with Crippen LogP contribution in [0.25, 0.3) is 0 Å². The van der Waals surface area contributed by atoms with E-state index in [1.807, 2.05) is 21.0 Å². The Morgan fingerprint density at radius 1 is 1.44 bits per heavy atom. The minimum atomic E-state index is -0.316. The number of rotatable bonds is 8. The fraction of sp³-hybridized carbons (Fsp3) is 0.818. The number of unbranched alkanes of at least 4 members (excludes halogenated alkanes) is 1. The summed E-state index contributed by atoms with van der Waals surface area (Å²) < 4.78 is 0. The number of carbonyl (C=O) groups excluding carboxylic acids is 1. The maximum atomic E-state index is 11.6. The third kappa shape index (κ3) is 6.74. The zero-order chi connectivity index (χ0) is 12.6. The van der Waals surface area contributed by atoms with Gasteiger partial charge in [-0.1, -0.05) is 19.1 Å². The van der Waals surface area contributed by atoms with E-state index in [0.29, 0.717) is 13.0 Å². The lowest BCUT2D eigenvalue weighted by atomic mass is 10.1. The van der Waals surface area contributed by atoms with Crippen LogP contribution in [0, 0.1) is 5.92 Å². The molecule has 0 aromatic heterocycles. The molecule has 0 saturated heterocycles. The van der Waals surface area contributed by atoms with E-state index in [2.05, 4.69) is 10.2 Å². The molecule has 0 aromatic carbocycles. The Kier molecular flexibility index (Phi) is 8.11. The highest BCUT2D eigenvalue weighted by molar-refractivity contribution is 7.80. The van der Waals surface area contributed by atoms with Crippen LogP contribution in [-0.2, 0) is 4.79 Å². The molecule has 5 heteroatoms. The molecule has 4 nitrogen and oxygen atoms in total. The highest BCUT2D eigenvalue weighted by Gasteiger charge is 2.18. The van der Waals surface area contributed by atoms with Crippen LogP contribution >= 0.6 is 12.2 Å². The van der Waals surface area contributed by atoms with Crippen LogP contribution in [-0.4, -0.2) is 43.0 Å². The fourth-order valence-corrected chi connectivity index (χ4v) is 1.68. The Labute approximate surface area is 104 Å².